The third-order valence-electron chi connectivity index (χ3n) is 5.11. The molecule has 1 fully saturated rings. The van der Waals surface area contributed by atoms with E-state index in [4.69, 9.17) is 4.74 Å². The maximum absolute atomic E-state index is 5.08. The summed E-state index contributed by atoms with van der Waals surface area (Å²) in [6.45, 7) is 5.50. The molecule has 1 saturated heterocycles. The van der Waals surface area contributed by atoms with Crippen LogP contribution in [0.4, 0.5) is 0 Å². The van der Waals surface area contributed by atoms with E-state index < -0.39 is 0 Å². The minimum Gasteiger partial charge on any atom is -0.383 e. The first-order chi connectivity index (χ1) is 10.4. The molecule has 132 valence electrons. The summed E-state index contributed by atoms with van der Waals surface area (Å²) >= 11 is 0. The van der Waals surface area contributed by atoms with Crippen LogP contribution in [0.15, 0.2) is 24.3 Å². The number of likely N-dealkylation sites (tertiary alicyclic amines) is 1. The molecule has 1 aromatic carbocycles. The number of fused-ring (bicyclic) bond motifs is 1. The Balaban J connectivity index is 0.00000132. The molecule has 2 aliphatic rings. The highest BCUT2D eigenvalue weighted by molar-refractivity contribution is 5.85. The fourth-order valence-corrected chi connectivity index (χ4v) is 3.80. The van der Waals surface area contributed by atoms with Crippen molar-refractivity contribution in [3.8, 4) is 0 Å². The highest BCUT2D eigenvalue weighted by Gasteiger charge is 2.29. The largest absolute Gasteiger partial charge is 0.383 e. The van der Waals surface area contributed by atoms with E-state index >= 15 is 0 Å². The summed E-state index contributed by atoms with van der Waals surface area (Å²) < 4.78 is 5.08. The van der Waals surface area contributed by atoms with E-state index in [0.29, 0.717) is 0 Å². The normalized spacial score (nSPS) is 19.0. The van der Waals surface area contributed by atoms with Crippen LogP contribution in [0.25, 0.3) is 0 Å². The van der Waals surface area contributed by atoms with Gasteiger partial charge in [-0.05, 0) is 62.4 Å². The number of rotatable bonds is 6. The molecule has 0 unspecified atom stereocenters. The van der Waals surface area contributed by atoms with E-state index in [1.807, 2.05) is 0 Å². The predicted molar refractivity (Wildman–Crippen MR) is 101 cm³/mol. The quantitative estimate of drug-likeness (QED) is 0.789. The molecular formula is C18H30Cl2N2O. The van der Waals surface area contributed by atoms with Crippen LogP contribution >= 0.6 is 24.8 Å². The minimum absolute atomic E-state index is 0. The first-order valence-electron chi connectivity index (χ1n) is 8.37. The van der Waals surface area contributed by atoms with Crippen molar-refractivity contribution < 1.29 is 4.74 Å². The van der Waals surface area contributed by atoms with E-state index in [9.17, 15) is 0 Å². The highest BCUT2D eigenvalue weighted by atomic mass is 35.5. The lowest BCUT2D eigenvalue weighted by molar-refractivity contribution is 0.133. The van der Waals surface area contributed by atoms with Crippen molar-refractivity contribution in [2.45, 2.75) is 31.7 Å². The van der Waals surface area contributed by atoms with Crippen molar-refractivity contribution in [3.05, 3.63) is 35.4 Å². The number of methoxy groups -OCH3 is 1. The maximum atomic E-state index is 5.08. The van der Waals surface area contributed by atoms with Gasteiger partial charge in [0.1, 0.15) is 0 Å². The molecule has 0 aromatic heterocycles. The van der Waals surface area contributed by atoms with Crippen LogP contribution in [0, 0.1) is 5.92 Å². The summed E-state index contributed by atoms with van der Waals surface area (Å²) in [5, 5.41) is 3.51. The zero-order chi connectivity index (χ0) is 14.5. The van der Waals surface area contributed by atoms with Gasteiger partial charge in [0.15, 0.2) is 0 Å². The summed E-state index contributed by atoms with van der Waals surface area (Å²) in [5.74, 6) is 0.849. The van der Waals surface area contributed by atoms with Crippen LogP contribution in [0.1, 0.15) is 24.0 Å². The molecule has 0 atom stereocenters. The summed E-state index contributed by atoms with van der Waals surface area (Å²) in [6, 6.07) is 9.73. The Labute approximate surface area is 153 Å². The number of nitrogens with zero attached hydrogens (tertiary/aromatic N) is 1. The number of nitrogens with one attached hydrogen (secondary N) is 1. The number of piperidine rings is 1. The molecule has 23 heavy (non-hydrogen) atoms. The number of halogens is 2. The molecule has 0 saturated carbocycles. The maximum Gasteiger partial charge on any atom is 0.0587 e. The number of benzene rings is 1. The molecule has 3 nitrogen and oxygen atoms in total. The van der Waals surface area contributed by atoms with Crippen molar-refractivity contribution in [1.82, 2.24) is 10.2 Å². The van der Waals surface area contributed by atoms with Gasteiger partial charge in [-0.3, -0.25) is 4.90 Å². The third-order valence-corrected chi connectivity index (χ3v) is 5.11. The van der Waals surface area contributed by atoms with Crippen LogP contribution in [0.2, 0.25) is 0 Å². The van der Waals surface area contributed by atoms with E-state index in [0.717, 1.165) is 31.7 Å². The lowest BCUT2D eigenvalue weighted by atomic mass is 9.95. The van der Waals surface area contributed by atoms with E-state index in [2.05, 4.69) is 34.5 Å². The fraction of sp³-hybridized carbons (Fsp3) is 0.667. The molecule has 1 heterocycles. The average molecular weight is 361 g/mol. The van der Waals surface area contributed by atoms with Gasteiger partial charge in [0.2, 0.25) is 0 Å². The van der Waals surface area contributed by atoms with Gasteiger partial charge < -0.3 is 10.1 Å². The van der Waals surface area contributed by atoms with Crippen molar-refractivity contribution in [1.29, 1.82) is 0 Å². The predicted octanol–water partition coefficient (Wildman–Crippen LogP) is 2.95. The van der Waals surface area contributed by atoms with Crippen molar-refractivity contribution in [2.75, 3.05) is 39.9 Å². The van der Waals surface area contributed by atoms with Gasteiger partial charge in [-0.15, -0.1) is 24.8 Å². The summed E-state index contributed by atoms with van der Waals surface area (Å²) in [6.07, 6.45) is 5.19. The molecule has 1 N–H and O–H groups in total. The molecular weight excluding hydrogens is 331 g/mol. The third kappa shape index (κ3) is 5.61. The van der Waals surface area contributed by atoms with Gasteiger partial charge in [0.05, 0.1) is 6.61 Å². The Morgan fingerprint density at radius 1 is 1.09 bits per heavy atom. The first-order valence-corrected chi connectivity index (χ1v) is 8.37. The Kier molecular flexibility index (Phi) is 9.48. The summed E-state index contributed by atoms with van der Waals surface area (Å²) in [4.78, 5) is 2.73. The monoisotopic (exact) mass is 360 g/mol. The van der Waals surface area contributed by atoms with Crippen LogP contribution in [0.3, 0.4) is 0 Å². The summed E-state index contributed by atoms with van der Waals surface area (Å²) in [5.41, 5.74) is 3.15. The zero-order valence-corrected chi connectivity index (χ0v) is 15.6. The molecule has 0 spiro atoms. The first kappa shape index (κ1) is 20.7. The second kappa shape index (κ2) is 10.5. The van der Waals surface area contributed by atoms with Gasteiger partial charge in [0, 0.05) is 19.7 Å². The smallest absolute Gasteiger partial charge is 0.0587 e. The molecule has 5 heteroatoms. The molecule has 1 aliphatic carbocycles. The topological polar surface area (TPSA) is 24.5 Å². The van der Waals surface area contributed by atoms with E-state index in [1.165, 1.54) is 38.8 Å². The summed E-state index contributed by atoms with van der Waals surface area (Å²) in [7, 11) is 1.76. The van der Waals surface area contributed by atoms with Crippen molar-refractivity contribution >= 4 is 24.8 Å². The van der Waals surface area contributed by atoms with Gasteiger partial charge in [-0.25, -0.2) is 0 Å². The average Bonchev–Trinajstić information content (AvgIpc) is 2.96. The molecule has 3 rings (SSSR count). The Morgan fingerprint density at radius 3 is 2.26 bits per heavy atom. The van der Waals surface area contributed by atoms with Crippen LogP contribution in [-0.4, -0.2) is 50.8 Å². The van der Waals surface area contributed by atoms with Gasteiger partial charge in [-0.2, -0.15) is 0 Å². The van der Waals surface area contributed by atoms with Gasteiger partial charge >= 0.3 is 0 Å². The Hall–Kier alpha value is -0.320. The van der Waals surface area contributed by atoms with Crippen LogP contribution in [-0.2, 0) is 17.6 Å². The SMILES string of the molecule is COCCNCC1CCN(C2Cc3ccccc3C2)CC1.Cl.Cl. The lowest BCUT2D eigenvalue weighted by Gasteiger charge is -2.36. The van der Waals surface area contributed by atoms with Crippen LogP contribution in [0.5, 0.6) is 0 Å². The zero-order valence-electron chi connectivity index (χ0n) is 14.0. The molecule has 0 bridgehead atoms. The van der Waals surface area contributed by atoms with Crippen molar-refractivity contribution in [2.24, 2.45) is 5.92 Å². The standard InChI is InChI=1S/C18H28N2O.2ClH/c1-21-11-8-19-14-15-6-9-20(10-7-15)18-12-16-4-2-3-5-17(16)13-18;;/h2-5,15,18-19H,6-14H2,1H3;2*1H. The molecule has 0 radical (unpaired) electrons. The van der Waals surface area contributed by atoms with E-state index in [1.54, 1.807) is 18.2 Å². The molecule has 1 aromatic rings. The Bertz CT molecular complexity index is 425. The molecule has 1 aliphatic heterocycles. The minimum atomic E-state index is 0. The number of hydrogen-bond donors (Lipinski definition) is 1. The fourth-order valence-electron chi connectivity index (χ4n) is 3.80. The van der Waals surface area contributed by atoms with Gasteiger partial charge in [0.25, 0.3) is 0 Å². The number of hydrogen-bond acceptors (Lipinski definition) is 3. The second-order valence-electron chi connectivity index (χ2n) is 6.51. The second-order valence-corrected chi connectivity index (χ2v) is 6.51. The Morgan fingerprint density at radius 2 is 1.70 bits per heavy atom. The van der Waals surface area contributed by atoms with Crippen LogP contribution < -0.4 is 5.32 Å². The van der Waals surface area contributed by atoms with Crippen molar-refractivity contribution in [3.63, 3.8) is 0 Å². The number of ether oxygens (including phenoxy) is 1. The lowest BCUT2D eigenvalue weighted by Crippen LogP contribution is -2.43. The molecule has 0 amide bonds. The van der Waals surface area contributed by atoms with E-state index in [-0.39, 0.29) is 24.8 Å². The highest BCUT2D eigenvalue weighted by Crippen LogP contribution is 2.28. The van der Waals surface area contributed by atoms with Gasteiger partial charge in [-0.1, -0.05) is 24.3 Å².